The van der Waals surface area contributed by atoms with E-state index in [1.54, 1.807) is 18.3 Å². The van der Waals surface area contributed by atoms with Crippen LogP contribution in [0.3, 0.4) is 0 Å². The van der Waals surface area contributed by atoms with Crippen molar-refractivity contribution in [1.82, 2.24) is 14.7 Å². The summed E-state index contributed by atoms with van der Waals surface area (Å²) in [6.07, 6.45) is 4.19. The highest BCUT2D eigenvalue weighted by molar-refractivity contribution is 7.89. The molecule has 3 N–H and O–H groups in total. The minimum absolute atomic E-state index is 0.0214. The summed E-state index contributed by atoms with van der Waals surface area (Å²) in [5.74, 6) is -1.13. The molecule has 20 heavy (non-hydrogen) atoms. The maximum atomic E-state index is 12.4. The van der Waals surface area contributed by atoms with Gasteiger partial charge in [0, 0.05) is 17.8 Å². The predicted molar refractivity (Wildman–Crippen MR) is 70.6 cm³/mol. The fourth-order valence-corrected chi connectivity index (χ4v) is 3.94. The van der Waals surface area contributed by atoms with Crippen LogP contribution >= 0.6 is 0 Å². The van der Waals surface area contributed by atoms with Gasteiger partial charge in [-0.3, -0.25) is 4.79 Å². The Balaban J connectivity index is 2.02. The van der Waals surface area contributed by atoms with Crippen LogP contribution < -0.4 is 4.72 Å². The molecular weight excluding hydrogens is 282 g/mol. The lowest BCUT2D eigenvalue weighted by atomic mass is 9.78. The molecule has 0 atom stereocenters. The summed E-state index contributed by atoms with van der Waals surface area (Å²) in [7, 11) is -3.91. The van der Waals surface area contributed by atoms with Gasteiger partial charge in [-0.05, 0) is 31.4 Å². The average Bonchev–Trinajstić information content (AvgIpc) is 2.78. The van der Waals surface area contributed by atoms with Gasteiger partial charge in [0.25, 0.3) is 0 Å². The van der Waals surface area contributed by atoms with Crippen molar-refractivity contribution in [2.45, 2.75) is 29.7 Å². The van der Waals surface area contributed by atoms with Crippen molar-refractivity contribution in [3.63, 3.8) is 0 Å². The van der Waals surface area contributed by atoms with Crippen LogP contribution in [0.5, 0.6) is 0 Å². The molecule has 1 aliphatic rings. The van der Waals surface area contributed by atoms with Gasteiger partial charge in [-0.15, -0.1) is 0 Å². The van der Waals surface area contributed by atoms with Crippen molar-refractivity contribution in [3.8, 4) is 0 Å². The van der Waals surface area contributed by atoms with E-state index in [1.165, 1.54) is 6.20 Å². The number of carboxylic acids is 1. The van der Waals surface area contributed by atoms with Gasteiger partial charge in [-0.25, -0.2) is 13.4 Å². The van der Waals surface area contributed by atoms with E-state index < -0.39 is 21.5 Å². The Morgan fingerprint density at radius 3 is 2.80 bits per heavy atom. The first-order chi connectivity index (χ1) is 9.45. The zero-order valence-electron chi connectivity index (χ0n) is 10.5. The Bertz CT molecular complexity index is 777. The summed E-state index contributed by atoms with van der Waals surface area (Å²) in [5.41, 5.74) is -0.921. The Morgan fingerprint density at radius 2 is 2.20 bits per heavy atom. The molecular formula is C12H13N3O4S. The third-order valence-corrected chi connectivity index (χ3v) is 5.23. The van der Waals surface area contributed by atoms with Crippen LogP contribution in [-0.4, -0.2) is 35.0 Å². The normalized spacial score (nSPS) is 17.8. The van der Waals surface area contributed by atoms with Crippen LogP contribution in [0.25, 0.3) is 11.0 Å². The highest BCUT2D eigenvalue weighted by Gasteiger charge is 2.47. The lowest BCUT2D eigenvalue weighted by Crippen LogP contribution is -2.58. The van der Waals surface area contributed by atoms with Gasteiger partial charge >= 0.3 is 5.97 Å². The largest absolute Gasteiger partial charge is 0.480 e. The van der Waals surface area contributed by atoms with Gasteiger partial charge in [-0.2, -0.15) is 4.72 Å². The van der Waals surface area contributed by atoms with Gasteiger partial charge in [0.2, 0.25) is 10.0 Å². The summed E-state index contributed by atoms with van der Waals surface area (Å²) in [4.78, 5) is 18.1. The van der Waals surface area contributed by atoms with E-state index in [0.29, 0.717) is 30.3 Å². The fourth-order valence-electron chi connectivity index (χ4n) is 2.36. The number of sulfonamides is 1. The third kappa shape index (κ3) is 1.88. The Kier molecular flexibility index (Phi) is 2.80. The second kappa shape index (κ2) is 4.29. The number of nitrogens with one attached hydrogen (secondary N) is 2. The first-order valence-corrected chi connectivity index (χ1v) is 7.62. The van der Waals surface area contributed by atoms with Crippen LogP contribution in [0.1, 0.15) is 19.3 Å². The number of nitrogens with zero attached hydrogens (tertiary/aromatic N) is 1. The zero-order chi connectivity index (χ0) is 14.4. The molecule has 0 radical (unpaired) electrons. The minimum Gasteiger partial charge on any atom is -0.480 e. The fraction of sp³-hybridized carbons (Fsp3) is 0.333. The number of aromatic amines is 1. The summed E-state index contributed by atoms with van der Waals surface area (Å²) < 4.78 is 27.1. The molecule has 0 bridgehead atoms. The minimum atomic E-state index is -3.91. The predicted octanol–water partition coefficient (Wildman–Crippen LogP) is 0.848. The maximum absolute atomic E-state index is 12.4. The number of fused-ring (bicyclic) bond motifs is 1. The van der Waals surface area contributed by atoms with E-state index in [0.717, 1.165) is 0 Å². The quantitative estimate of drug-likeness (QED) is 0.774. The summed E-state index contributed by atoms with van der Waals surface area (Å²) in [6, 6.07) is 3.26. The molecule has 2 heterocycles. The highest BCUT2D eigenvalue weighted by Crippen LogP contribution is 2.34. The van der Waals surface area contributed by atoms with Crippen LogP contribution in [-0.2, 0) is 14.8 Å². The molecule has 0 aliphatic heterocycles. The second-order valence-corrected chi connectivity index (χ2v) is 6.55. The number of pyridine rings is 1. The molecule has 1 fully saturated rings. The number of carbonyl (C=O) groups is 1. The molecule has 7 nitrogen and oxygen atoms in total. The van der Waals surface area contributed by atoms with Crippen molar-refractivity contribution in [3.05, 3.63) is 24.5 Å². The molecule has 0 amide bonds. The van der Waals surface area contributed by atoms with Gasteiger partial charge in [-0.1, -0.05) is 0 Å². The van der Waals surface area contributed by atoms with Crippen LogP contribution in [0.15, 0.2) is 29.4 Å². The van der Waals surface area contributed by atoms with Crippen LogP contribution in [0.4, 0.5) is 0 Å². The molecule has 0 unspecified atom stereocenters. The molecule has 2 aromatic heterocycles. The number of aromatic nitrogens is 2. The van der Waals surface area contributed by atoms with Crippen LogP contribution in [0.2, 0.25) is 0 Å². The highest BCUT2D eigenvalue weighted by atomic mass is 32.2. The average molecular weight is 295 g/mol. The van der Waals surface area contributed by atoms with E-state index in [-0.39, 0.29) is 4.90 Å². The molecule has 0 spiro atoms. The Labute approximate surface area is 115 Å². The molecule has 3 rings (SSSR count). The topological polar surface area (TPSA) is 112 Å². The van der Waals surface area contributed by atoms with Gasteiger partial charge < -0.3 is 10.1 Å². The van der Waals surface area contributed by atoms with Gasteiger partial charge in [0.15, 0.2) is 0 Å². The van der Waals surface area contributed by atoms with Gasteiger partial charge in [0.1, 0.15) is 16.1 Å². The number of carboxylic acid groups (broad SMARTS) is 1. The molecule has 106 valence electrons. The van der Waals surface area contributed by atoms with Crippen molar-refractivity contribution in [2.75, 3.05) is 0 Å². The summed E-state index contributed by atoms with van der Waals surface area (Å²) in [6.45, 7) is 0. The van der Waals surface area contributed by atoms with Gasteiger partial charge in [0.05, 0.1) is 0 Å². The van der Waals surface area contributed by atoms with E-state index >= 15 is 0 Å². The van der Waals surface area contributed by atoms with E-state index in [1.807, 2.05) is 0 Å². The van der Waals surface area contributed by atoms with E-state index in [2.05, 4.69) is 14.7 Å². The maximum Gasteiger partial charge on any atom is 0.324 e. The van der Waals surface area contributed by atoms with Crippen molar-refractivity contribution in [2.24, 2.45) is 0 Å². The SMILES string of the molecule is O=C(O)C1(NS(=O)(=O)c2c[nH]c3ncccc23)CCC1. The third-order valence-electron chi connectivity index (χ3n) is 3.65. The number of H-pyrrole nitrogens is 1. The first-order valence-electron chi connectivity index (χ1n) is 6.14. The monoisotopic (exact) mass is 295 g/mol. The molecule has 1 saturated carbocycles. The van der Waals surface area contributed by atoms with Crippen molar-refractivity contribution < 1.29 is 18.3 Å². The lowest BCUT2D eigenvalue weighted by Gasteiger charge is -2.37. The molecule has 0 saturated heterocycles. The standard InChI is InChI=1S/C12H13N3O4S/c16-11(17)12(4-2-5-12)15-20(18,19)9-7-14-10-8(9)3-1-6-13-10/h1,3,6-7,15H,2,4-5H2,(H,13,14)(H,16,17). The number of aliphatic carboxylic acids is 1. The smallest absolute Gasteiger partial charge is 0.324 e. The Hall–Kier alpha value is -1.93. The lowest BCUT2D eigenvalue weighted by molar-refractivity contribution is -0.147. The number of hydrogen-bond acceptors (Lipinski definition) is 4. The zero-order valence-corrected chi connectivity index (χ0v) is 11.3. The second-order valence-electron chi connectivity index (χ2n) is 4.90. The molecule has 1 aliphatic carbocycles. The number of rotatable bonds is 4. The summed E-state index contributed by atoms with van der Waals surface area (Å²) in [5, 5.41) is 9.66. The number of hydrogen-bond donors (Lipinski definition) is 3. The van der Waals surface area contributed by atoms with E-state index in [4.69, 9.17) is 0 Å². The first kappa shape index (κ1) is 13.1. The molecule has 2 aromatic rings. The van der Waals surface area contributed by atoms with E-state index in [9.17, 15) is 18.3 Å². The summed E-state index contributed by atoms with van der Waals surface area (Å²) >= 11 is 0. The Morgan fingerprint density at radius 1 is 1.45 bits per heavy atom. The molecule has 8 heteroatoms. The van der Waals surface area contributed by atoms with Crippen molar-refractivity contribution >= 4 is 27.0 Å². The molecule has 0 aromatic carbocycles. The van der Waals surface area contributed by atoms with Crippen molar-refractivity contribution in [1.29, 1.82) is 0 Å². The van der Waals surface area contributed by atoms with Crippen LogP contribution in [0, 0.1) is 0 Å².